The lowest BCUT2D eigenvalue weighted by Gasteiger charge is -2.16. The first-order valence-corrected chi connectivity index (χ1v) is 10.8. The van der Waals surface area contributed by atoms with E-state index in [-0.39, 0.29) is 11.9 Å². The van der Waals surface area contributed by atoms with Crippen molar-refractivity contribution in [3.63, 3.8) is 0 Å². The first-order valence-electron chi connectivity index (χ1n) is 10.8. The molecule has 34 heavy (non-hydrogen) atoms. The summed E-state index contributed by atoms with van der Waals surface area (Å²) in [6.07, 6.45) is 10.2. The van der Waals surface area contributed by atoms with E-state index >= 15 is 0 Å². The summed E-state index contributed by atoms with van der Waals surface area (Å²) in [5.74, 6) is 0.409. The van der Waals surface area contributed by atoms with Gasteiger partial charge in [-0.15, -0.1) is 5.10 Å². The zero-order valence-corrected chi connectivity index (χ0v) is 18.7. The van der Waals surface area contributed by atoms with Gasteiger partial charge in [-0.1, -0.05) is 12.1 Å². The summed E-state index contributed by atoms with van der Waals surface area (Å²) >= 11 is 0. The van der Waals surface area contributed by atoms with Gasteiger partial charge in [0.1, 0.15) is 11.3 Å². The Labute approximate surface area is 195 Å². The Morgan fingerprint density at radius 1 is 1.03 bits per heavy atom. The predicted molar refractivity (Wildman–Crippen MR) is 130 cm³/mol. The maximum atomic E-state index is 12.6. The lowest BCUT2D eigenvalue weighted by atomic mass is 10.1. The standard InChI is InChI=1S/C25H22N8O/c1-16-9-19(12-27-11-16)25(34)30-20-6-3-5-18(10-20)17(2)29-23-14-28-22-15-33(32-24(22)31-23)21-7-4-8-26-13-21/h3-15,17H,1-2H3,(H,30,34)(H,29,31,32)/t17-/m0/s1. The summed E-state index contributed by atoms with van der Waals surface area (Å²) in [5.41, 5.74) is 5.21. The molecule has 0 spiro atoms. The number of aryl methyl sites for hydroxylation is 1. The maximum Gasteiger partial charge on any atom is 0.257 e. The second-order valence-electron chi connectivity index (χ2n) is 7.95. The van der Waals surface area contributed by atoms with Crippen molar-refractivity contribution < 1.29 is 4.79 Å². The Kier molecular flexibility index (Phi) is 5.65. The third-order valence-corrected chi connectivity index (χ3v) is 5.28. The van der Waals surface area contributed by atoms with Crippen molar-refractivity contribution in [3.05, 3.63) is 96.3 Å². The van der Waals surface area contributed by atoms with Crippen LogP contribution in [0.15, 0.2) is 79.6 Å². The van der Waals surface area contributed by atoms with Gasteiger partial charge < -0.3 is 10.6 Å². The van der Waals surface area contributed by atoms with Gasteiger partial charge in [0.25, 0.3) is 5.91 Å². The molecule has 4 heterocycles. The van der Waals surface area contributed by atoms with Crippen molar-refractivity contribution in [3.8, 4) is 5.69 Å². The first kappa shape index (κ1) is 21.2. The van der Waals surface area contributed by atoms with E-state index < -0.39 is 0 Å². The van der Waals surface area contributed by atoms with E-state index in [0.717, 1.165) is 16.8 Å². The SMILES string of the molecule is Cc1cncc(C(=O)Nc2cccc([C@H](C)Nc3cnc4cn(-c5cccnc5)nc4n3)c2)c1. The van der Waals surface area contributed by atoms with Crippen LogP contribution in [0.4, 0.5) is 11.5 Å². The normalized spacial score (nSPS) is 11.8. The van der Waals surface area contributed by atoms with Gasteiger partial charge >= 0.3 is 0 Å². The van der Waals surface area contributed by atoms with Gasteiger partial charge in [-0.25, -0.2) is 14.6 Å². The maximum absolute atomic E-state index is 12.6. The van der Waals surface area contributed by atoms with Crippen LogP contribution in [0.2, 0.25) is 0 Å². The van der Waals surface area contributed by atoms with Crippen molar-refractivity contribution in [2.45, 2.75) is 19.9 Å². The minimum atomic E-state index is -0.200. The van der Waals surface area contributed by atoms with E-state index in [9.17, 15) is 4.79 Å². The number of pyridine rings is 2. The molecule has 4 aromatic heterocycles. The highest BCUT2D eigenvalue weighted by Crippen LogP contribution is 2.22. The molecule has 9 heteroatoms. The van der Waals surface area contributed by atoms with E-state index in [1.165, 1.54) is 0 Å². The molecule has 0 aliphatic rings. The zero-order valence-electron chi connectivity index (χ0n) is 18.7. The largest absolute Gasteiger partial charge is 0.362 e. The van der Waals surface area contributed by atoms with E-state index in [0.29, 0.717) is 28.2 Å². The second kappa shape index (κ2) is 9.07. The minimum absolute atomic E-state index is 0.0790. The number of carbonyl (C=O) groups excluding carboxylic acids is 1. The van der Waals surface area contributed by atoms with Gasteiger partial charge in [-0.05, 0) is 55.3 Å². The van der Waals surface area contributed by atoms with E-state index in [1.807, 2.05) is 56.4 Å². The fourth-order valence-electron chi connectivity index (χ4n) is 3.56. The molecule has 1 amide bonds. The Morgan fingerprint density at radius 3 is 2.76 bits per heavy atom. The number of benzene rings is 1. The number of aromatic nitrogens is 6. The molecular formula is C25H22N8O. The van der Waals surface area contributed by atoms with Crippen LogP contribution in [-0.4, -0.2) is 35.6 Å². The second-order valence-corrected chi connectivity index (χ2v) is 7.95. The molecule has 0 fully saturated rings. The van der Waals surface area contributed by atoms with Crippen LogP contribution in [0.5, 0.6) is 0 Å². The monoisotopic (exact) mass is 450 g/mol. The van der Waals surface area contributed by atoms with Crippen molar-refractivity contribution in [1.29, 1.82) is 0 Å². The van der Waals surface area contributed by atoms with E-state index in [2.05, 4.69) is 35.7 Å². The summed E-state index contributed by atoms with van der Waals surface area (Å²) in [6.45, 7) is 3.92. The Balaban J connectivity index is 1.31. The van der Waals surface area contributed by atoms with Crippen LogP contribution >= 0.6 is 0 Å². The van der Waals surface area contributed by atoms with Crippen LogP contribution in [0.1, 0.15) is 34.5 Å². The summed E-state index contributed by atoms with van der Waals surface area (Å²) in [5, 5.41) is 10.8. The molecular weight excluding hydrogens is 428 g/mol. The molecule has 0 unspecified atom stereocenters. The fourth-order valence-corrected chi connectivity index (χ4v) is 3.56. The third-order valence-electron chi connectivity index (χ3n) is 5.28. The number of hydrogen-bond donors (Lipinski definition) is 2. The molecule has 0 bridgehead atoms. The average Bonchev–Trinajstić information content (AvgIpc) is 3.28. The van der Waals surface area contributed by atoms with Gasteiger partial charge in [0.15, 0.2) is 0 Å². The molecule has 168 valence electrons. The molecule has 1 aromatic carbocycles. The van der Waals surface area contributed by atoms with Crippen LogP contribution in [0.3, 0.4) is 0 Å². The van der Waals surface area contributed by atoms with Crippen LogP contribution in [0.25, 0.3) is 16.9 Å². The summed E-state index contributed by atoms with van der Waals surface area (Å²) in [4.78, 5) is 29.9. The van der Waals surface area contributed by atoms with Gasteiger partial charge in [0.05, 0.1) is 35.9 Å². The first-order chi connectivity index (χ1) is 16.5. The summed E-state index contributed by atoms with van der Waals surface area (Å²) < 4.78 is 1.71. The number of anilines is 2. The van der Waals surface area contributed by atoms with E-state index in [1.54, 1.807) is 41.7 Å². The number of hydrogen-bond acceptors (Lipinski definition) is 7. The van der Waals surface area contributed by atoms with Gasteiger partial charge in [0.2, 0.25) is 5.65 Å². The molecule has 0 aliphatic heterocycles. The fraction of sp³-hybridized carbons (Fsp3) is 0.120. The Hall–Kier alpha value is -4.66. The molecule has 0 saturated carbocycles. The van der Waals surface area contributed by atoms with Crippen molar-refractivity contribution in [2.24, 2.45) is 0 Å². The summed E-state index contributed by atoms with van der Waals surface area (Å²) in [7, 11) is 0. The molecule has 5 aromatic rings. The Morgan fingerprint density at radius 2 is 1.94 bits per heavy atom. The molecule has 5 rings (SSSR count). The van der Waals surface area contributed by atoms with Crippen LogP contribution in [0, 0.1) is 6.92 Å². The average molecular weight is 451 g/mol. The molecule has 1 atom stereocenters. The van der Waals surface area contributed by atoms with E-state index in [4.69, 9.17) is 0 Å². The highest BCUT2D eigenvalue weighted by molar-refractivity contribution is 6.04. The molecule has 0 saturated heterocycles. The summed E-state index contributed by atoms with van der Waals surface area (Å²) in [6, 6.07) is 13.2. The van der Waals surface area contributed by atoms with Crippen LogP contribution < -0.4 is 10.6 Å². The van der Waals surface area contributed by atoms with Crippen LogP contribution in [-0.2, 0) is 0 Å². The number of nitrogens with one attached hydrogen (secondary N) is 2. The van der Waals surface area contributed by atoms with Gasteiger partial charge in [-0.3, -0.25) is 14.8 Å². The van der Waals surface area contributed by atoms with Gasteiger partial charge in [-0.2, -0.15) is 0 Å². The molecule has 2 N–H and O–H groups in total. The zero-order chi connectivity index (χ0) is 23.5. The quantitative estimate of drug-likeness (QED) is 0.396. The van der Waals surface area contributed by atoms with Crippen molar-refractivity contribution in [1.82, 2.24) is 29.7 Å². The number of fused-ring (bicyclic) bond motifs is 1. The Bertz CT molecular complexity index is 1460. The molecule has 0 aliphatic carbocycles. The molecule has 0 radical (unpaired) electrons. The van der Waals surface area contributed by atoms with Crippen molar-refractivity contribution in [2.75, 3.05) is 10.6 Å². The van der Waals surface area contributed by atoms with Gasteiger partial charge in [0, 0.05) is 24.3 Å². The lowest BCUT2D eigenvalue weighted by Crippen LogP contribution is -2.13. The number of amides is 1. The lowest BCUT2D eigenvalue weighted by molar-refractivity contribution is 0.102. The number of nitrogens with zero attached hydrogens (tertiary/aromatic N) is 6. The minimum Gasteiger partial charge on any atom is -0.362 e. The molecule has 9 nitrogen and oxygen atoms in total. The predicted octanol–water partition coefficient (Wildman–Crippen LogP) is 4.34. The topological polar surface area (TPSA) is 111 Å². The van der Waals surface area contributed by atoms with Crippen molar-refractivity contribution >= 4 is 28.6 Å². The highest BCUT2D eigenvalue weighted by Gasteiger charge is 2.12. The third kappa shape index (κ3) is 4.58. The highest BCUT2D eigenvalue weighted by atomic mass is 16.1. The number of rotatable bonds is 6. The smallest absolute Gasteiger partial charge is 0.257 e. The number of carbonyl (C=O) groups is 1.